The second-order valence-electron chi connectivity index (χ2n) is 3.98. The van der Waals surface area contributed by atoms with Crippen LogP contribution < -0.4 is 10.1 Å². The number of amides is 1. The smallest absolute Gasteiger partial charge is 0.220 e. The van der Waals surface area contributed by atoms with Crippen LogP contribution in [0.1, 0.15) is 19.8 Å². The van der Waals surface area contributed by atoms with Gasteiger partial charge in [0.05, 0.1) is 6.54 Å². The number of carbonyl (C=O) groups is 1. The summed E-state index contributed by atoms with van der Waals surface area (Å²) in [4.78, 5) is 11.3. The highest BCUT2D eigenvalue weighted by atomic mass is 35.5. The molecule has 1 amide bonds. The Labute approximate surface area is 111 Å². The maximum Gasteiger partial charge on any atom is 0.220 e. The minimum atomic E-state index is -0.301. The molecule has 1 aromatic rings. The summed E-state index contributed by atoms with van der Waals surface area (Å²) in [5, 5.41) is 2.75. The molecular formula is C13H17ClFNO2. The Balaban J connectivity index is 2.27. The highest BCUT2D eigenvalue weighted by Gasteiger charge is 2.06. The average molecular weight is 274 g/mol. The predicted octanol–water partition coefficient (Wildman–Crippen LogP) is 2.73. The maximum atomic E-state index is 12.7. The molecule has 0 saturated heterocycles. The van der Waals surface area contributed by atoms with Crippen LogP contribution in [0.3, 0.4) is 0 Å². The van der Waals surface area contributed by atoms with Gasteiger partial charge < -0.3 is 10.1 Å². The Bertz CT molecular complexity index is 370. The zero-order valence-corrected chi connectivity index (χ0v) is 11.0. The maximum absolute atomic E-state index is 12.7. The number of halogens is 2. The van der Waals surface area contributed by atoms with Crippen LogP contribution in [-0.4, -0.2) is 24.4 Å². The van der Waals surface area contributed by atoms with E-state index in [2.05, 4.69) is 5.32 Å². The van der Waals surface area contributed by atoms with E-state index in [4.69, 9.17) is 16.3 Å². The van der Waals surface area contributed by atoms with Crippen molar-refractivity contribution < 1.29 is 13.9 Å². The standard InChI is InChI=1S/C13H17ClFNO2/c1-10(9-16-13(17)3-2-8-14)18-12-6-4-11(15)5-7-12/h4-7,10H,2-3,8-9H2,1H3,(H,16,17). The Morgan fingerprint density at radius 2 is 2.11 bits per heavy atom. The van der Waals surface area contributed by atoms with Crippen LogP contribution in [0.4, 0.5) is 4.39 Å². The van der Waals surface area contributed by atoms with E-state index in [0.29, 0.717) is 31.0 Å². The summed E-state index contributed by atoms with van der Waals surface area (Å²) >= 11 is 5.49. The van der Waals surface area contributed by atoms with Crippen molar-refractivity contribution in [1.29, 1.82) is 0 Å². The number of rotatable bonds is 7. The first-order valence-electron chi connectivity index (χ1n) is 5.86. The monoisotopic (exact) mass is 273 g/mol. The summed E-state index contributed by atoms with van der Waals surface area (Å²) in [6.07, 6.45) is 0.920. The molecule has 0 radical (unpaired) electrons. The number of hydrogen-bond donors (Lipinski definition) is 1. The summed E-state index contributed by atoms with van der Waals surface area (Å²) < 4.78 is 18.2. The van der Waals surface area contributed by atoms with E-state index in [1.165, 1.54) is 12.1 Å². The van der Waals surface area contributed by atoms with Crippen molar-refractivity contribution in [3.8, 4) is 5.75 Å². The van der Waals surface area contributed by atoms with Gasteiger partial charge in [0.2, 0.25) is 5.91 Å². The van der Waals surface area contributed by atoms with E-state index in [-0.39, 0.29) is 17.8 Å². The molecule has 0 spiro atoms. The van der Waals surface area contributed by atoms with Crippen LogP contribution in [0, 0.1) is 5.82 Å². The lowest BCUT2D eigenvalue weighted by Crippen LogP contribution is -2.33. The largest absolute Gasteiger partial charge is 0.489 e. The van der Waals surface area contributed by atoms with Crippen LogP contribution in [-0.2, 0) is 4.79 Å². The summed E-state index contributed by atoms with van der Waals surface area (Å²) in [5.41, 5.74) is 0. The molecule has 0 heterocycles. The average Bonchev–Trinajstić information content (AvgIpc) is 2.36. The molecule has 0 aromatic heterocycles. The lowest BCUT2D eigenvalue weighted by molar-refractivity contribution is -0.121. The van der Waals surface area contributed by atoms with Crippen LogP contribution in [0.25, 0.3) is 0 Å². The first kappa shape index (κ1) is 14.8. The van der Waals surface area contributed by atoms with Crippen molar-refractivity contribution in [2.75, 3.05) is 12.4 Å². The fourth-order valence-electron chi connectivity index (χ4n) is 1.36. The van der Waals surface area contributed by atoms with Crippen LogP contribution >= 0.6 is 11.6 Å². The van der Waals surface area contributed by atoms with Gasteiger partial charge in [0.15, 0.2) is 0 Å². The van der Waals surface area contributed by atoms with Gasteiger partial charge >= 0.3 is 0 Å². The van der Waals surface area contributed by atoms with Crippen LogP contribution in [0.5, 0.6) is 5.75 Å². The number of nitrogens with one attached hydrogen (secondary N) is 1. The van der Waals surface area contributed by atoms with Gasteiger partial charge in [-0.25, -0.2) is 4.39 Å². The number of hydrogen-bond acceptors (Lipinski definition) is 2. The minimum Gasteiger partial charge on any atom is -0.489 e. The number of alkyl halides is 1. The number of ether oxygens (including phenoxy) is 1. The first-order chi connectivity index (χ1) is 8.61. The van der Waals surface area contributed by atoms with Gasteiger partial charge in [-0.2, -0.15) is 0 Å². The second kappa shape index (κ2) is 7.93. The van der Waals surface area contributed by atoms with Crippen molar-refractivity contribution >= 4 is 17.5 Å². The number of carbonyl (C=O) groups excluding carboxylic acids is 1. The van der Waals surface area contributed by atoms with Gasteiger partial charge in [0.25, 0.3) is 0 Å². The molecule has 1 N–H and O–H groups in total. The molecule has 0 aliphatic heterocycles. The highest BCUT2D eigenvalue weighted by Crippen LogP contribution is 2.12. The summed E-state index contributed by atoms with van der Waals surface area (Å²) in [7, 11) is 0. The van der Waals surface area contributed by atoms with Crippen molar-refractivity contribution in [3.05, 3.63) is 30.1 Å². The number of benzene rings is 1. The van der Waals surface area contributed by atoms with E-state index in [1.807, 2.05) is 6.92 Å². The highest BCUT2D eigenvalue weighted by molar-refractivity contribution is 6.17. The first-order valence-corrected chi connectivity index (χ1v) is 6.40. The molecule has 1 aromatic carbocycles. The Hall–Kier alpha value is -1.29. The van der Waals surface area contributed by atoms with Gasteiger partial charge in [-0.1, -0.05) is 0 Å². The second-order valence-corrected chi connectivity index (χ2v) is 4.36. The lowest BCUT2D eigenvalue weighted by atomic mass is 10.3. The summed E-state index contributed by atoms with van der Waals surface area (Å²) in [6.45, 7) is 2.25. The van der Waals surface area contributed by atoms with Gasteiger partial charge in [0.1, 0.15) is 17.7 Å². The molecule has 0 fully saturated rings. The predicted molar refractivity (Wildman–Crippen MR) is 69.5 cm³/mol. The fraction of sp³-hybridized carbons (Fsp3) is 0.462. The quantitative estimate of drug-likeness (QED) is 0.776. The lowest BCUT2D eigenvalue weighted by Gasteiger charge is -2.15. The molecule has 1 unspecified atom stereocenters. The molecule has 0 saturated carbocycles. The van der Waals surface area contributed by atoms with Crippen molar-refractivity contribution in [2.45, 2.75) is 25.9 Å². The zero-order valence-electron chi connectivity index (χ0n) is 10.3. The van der Waals surface area contributed by atoms with Gasteiger partial charge in [-0.15, -0.1) is 11.6 Å². The molecule has 100 valence electrons. The Morgan fingerprint density at radius 3 is 2.72 bits per heavy atom. The Kier molecular flexibility index (Phi) is 6.50. The van der Waals surface area contributed by atoms with E-state index < -0.39 is 0 Å². The molecular weight excluding hydrogens is 257 g/mol. The van der Waals surface area contributed by atoms with E-state index in [9.17, 15) is 9.18 Å². The summed E-state index contributed by atoms with van der Waals surface area (Å²) in [5.74, 6) is 0.725. The third-order valence-corrected chi connectivity index (χ3v) is 2.54. The molecule has 3 nitrogen and oxygen atoms in total. The molecule has 0 bridgehead atoms. The molecule has 1 atom stereocenters. The van der Waals surface area contributed by atoms with Gasteiger partial charge in [-0.3, -0.25) is 4.79 Å². The van der Waals surface area contributed by atoms with E-state index in [1.54, 1.807) is 12.1 Å². The van der Waals surface area contributed by atoms with E-state index >= 15 is 0 Å². The van der Waals surface area contributed by atoms with E-state index in [0.717, 1.165) is 0 Å². The zero-order chi connectivity index (χ0) is 13.4. The fourth-order valence-corrected chi connectivity index (χ4v) is 1.49. The van der Waals surface area contributed by atoms with Crippen molar-refractivity contribution in [1.82, 2.24) is 5.32 Å². The normalized spacial score (nSPS) is 11.9. The van der Waals surface area contributed by atoms with Gasteiger partial charge in [0, 0.05) is 12.3 Å². The third-order valence-electron chi connectivity index (χ3n) is 2.28. The van der Waals surface area contributed by atoms with Crippen molar-refractivity contribution in [3.63, 3.8) is 0 Å². The molecule has 0 aliphatic carbocycles. The van der Waals surface area contributed by atoms with Gasteiger partial charge in [-0.05, 0) is 37.6 Å². The third kappa shape index (κ3) is 5.87. The SMILES string of the molecule is CC(CNC(=O)CCCCl)Oc1ccc(F)cc1. The molecule has 1 rings (SSSR count). The van der Waals surface area contributed by atoms with Crippen LogP contribution in [0.2, 0.25) is 0 Å². The van der Waals surface area contributed by atoms with Crippen LogP contribution in [0.15, 0.2) is 24.3 Å². The summed E-state index contributed by atoms with van der Waals surface area (Å²) in [6, 6.07) is 5.78. The molecule has 18 heavy (non-hydrogen) atoms. The molecule has 0 aliphatic rings. The molecule has 5 heteroatoms. The minimum absolute atomic E-state index is 0.0368. The van der Waals surface area contributed by atoms with Crippen molar-refractivity contribution in [2.24, 2.45) is 0 Å². The topological polar surface area (TPSA) is 38.3 Å². The Morgan fingerprint density at radius 1 is 1.44 bits per heavy atom.